The SMILES string of the molecule is CN=C(NCCC(F)(F)F)NCc1ccc(C)cc1OCC(F)(F)F.I. The van der Waals surface area contributed by atoms with Crippen molar-refractivity contribution in [2.75, 3.05) is 20.2 Å². The average Bonchev–Trinajstić information content (AvgIpc) is 2.48. The molecule has 1 aromatic rings. The van der Waals surface area contributed by atoms with Crippen molar-refractivity contribution in [1.29, 1.82) is 0 Å². The van der Waals surface area contributed by atoms with E-state index in [1.807, 2.05) is 0 Å². The smallest absolute Gasteiger partial charge is 0.422 e. The zero-order chi connectivity index (χ0) is 19.1. The molecule has 26 heavy (non-hydrogen) atoms. The zero-order valence-corrected chi connectivity index (χ0v) is 16.4. The fourth-order valence-corrected chi connectivity index (χ4v) is 1.82. The van der Waals surface area contributed by atoms with Crippen molar-refractivity contribution in [3.05, 3.63) is 29.3 Å². The summed E-state index contributed by atoms with van der Waals surface area (Å²) in [6, 6.07) is 4.73. The van der Waals surface area contributed by atoms with E-state index in [0.29, 0.717) is 11.1 Å². The summed E-state index contributed by atoms with van der Waals surface area (Å²) in [5, 5.41) is 5.22. The topological polar surface area (TPSA) is 45.7 Å². The monoisotopic (exact) mass is 499 g/mol. The van der Waals surface area contributed by atoms with E-state index < -0.39 is 25.4 Å². The third kappa shape index (κ3) is 10.6. The number of aryl methyl sites for hydroxylation is 1. The Morgan fingerprint density at radius 3 is 2.27 bits per heavy atom. The van der Waals surface area contributed by atoms with E-state index in [9.17, 15) is 26.3 Å². The molecule has 2 N–H and O–H groups in total. The predicted octanol–water partition coefficient (Wildman–Crippen LogP) is 4.17. The summed E-state index contributed by atoms with van der Waals surface area (Å²) in [6.07, 6.45) is -9.79. The van der Waals surface area contributed by atoms with Gasteiger partial charge in [0.15, 0.2) is 12.6 Å². The molecule has 1 aromatic carbocycles. The number of alkyl halides is 6. The molecule has 0 aromatic heterocycles. The van der Waals surface area contributed by atoms with E-state index >= 15 is 0 Å². The van der Waals surface area contributed by atoms with Gasteiger partial charge >= 0.3 is 12.4 Å². The van der Waals surface area contributed by atoms with Crippen molar-refractivity contribution in [2.45, 2.75) is 32.2 Å². The van der Waals surface area contributed by atoms with Gasteiger partial charge in [0.05, 0.1) is 6.42 Å². The highest BCUT2D eigenvalue weighted by molar-refractivity contribution is 14.0. The van der Waals surface area contributed by atoms with Crippen molar-refractivity contribution in [1.82, 2.24) is 10.6 Å². The van der Waals surface area contributed by atoms with Gasteiger partial charge in [-0.05, 0) is 18.6 Å². The third-order valence-electron chi connectivity index (χ3n) is 2.98. The van der Waals surface area contributed by atoms with Crippen LogP contribution in [0.15, 0.2) is 23.2 Å². The lowest BCUT2D eigenvalue weighted by Gasteiger charge is -2.16. The molecule has 150 valence electrons. The van der Waals surface area contributed by atoms with E-state index in [2.05, 4.69) is 15.6 Å². The molecule has 0 radical (unpaired) electrons. The second-order valence-corrected chi connectivity index (χ2v) is 5.23. The Kier molecular flexibility index (Phi) is 10.1. The lowest BCUT2D eigenvalue weighted by atomic mass is 10.1. The molecule has 0 heterocycles. The molecule has 0 aliphatic carbocycles. The molecule has 11 heteroatoms. The summed E-state index contributed by atoms with van der Waals surface area (Å²) < 4.78 is 78.1. The number of nitrogens with zero attached hydrogens (tertiary/aromatic N) is 1. The van der Waals surface area contributed by atoms with Gasteiger partial charge in [-0.25, -0.2) is 0 Å². The number of benzene rings is 1. The molecular weight excluding hydrogens is 479 g/mol. The number of aliphatic imine (C=N–C) groups is 1. The minimum atomic E-state index is -4.47. The van der Waals surface area contributed by atoms with Crippen LogP contribution in [0.4, 0.5) is 26.3 Å². The van der Waals surface area contributed by atoms with Crippen molar-refractivity contribution in [3.8, 4) is 5.75 Å². The first-order chi connectivity index (χ1) is 11.5. The number of rotatable bonds is 6. The summed E-state index contributed by atoms with van der Waals surface area (Å²) >= 11 is 0. The lowest BCUT2D eigenvalue weighted by molar-refractivity contribution is -0.153. The van der Waals surface area contributed by atoms with Gasteiger partial charge in [-0.15, -0.1) is 24.0 Å². The van der Waals surface area contributed by atoms with E-state index in [4.69, 9.17) is 4.74 Å². The van der Waals surface area contributed by atoms with Gasteiger partial charge in [0.1, 0.15) is 5.75 Å². The Morgan fingerprint density at radius 2 is 1.73 bits per heavy atom. The number of hydrogen-bond donors (Lipinski definition) is 2. The normalized spacial score (nSPS) is 12.4. The van der Waals surface area contributed by atoms with Gasteiger partial charge in [0.2, 0.25) is 0 Å². The van der Waals surface area contributed by atoms with Crippen molar-refractivity contribution in [3.63, 3.8) is 0 Å². The molecule has 0 saturated carbocycles. The van der Waals surface area contributed by atoms with Crippen LogP contribution in [0, 0.1) is 6.92 Å². The quantitative estimate of drug-likeness (QED) is 0.268. The third-order valence-corrected chi connectivity index (χ3v) is 2.98. The maximum Gasteiger partial charge on any atom is 0.422 e. The highest BCUT2D eigenvalue weighted by Gasteiger charge is 2.29. The number of nitrogens with one attached hydrogen (secondary N) is 2. The Labute approximate surface area is 164 Å². The van der Waals surface area contributed by atoms with E-state index in [1.54, 1.807) is 19.1 Å². The molecule has 0 saturated heterocycles. The molecule has 0 amide bonds. The minimum absolute atomic E-state index is 0. The van der Waals surface area contributed by atoms with Crippen LogP contribution in [0.25, 0.3) is 0 Å². The van der Waals surface area contributed by atoms with Gasteiger partial charge in [-0.3, -0.25) is 4.99 Å². The Balaban J connectivity index is 0.00000625. The first-order valence-corrected chi connectivity index (χ1v) is 7.30. The summed E-state index contributed by atoms with van der Waals surface area (Å²) in [4.78, 5) is 3.76. The Morgan fingerprint density at radius 1 is 1.08 bits per heavy atom. The van der Waals surface area contributed by atoms with Crippen molar-refractivity contribution >= 4 is 29.9 Å². The summed E-state index contributed by atoms with van der Waals surface area (Å²) in [6.45, 7) is -0.0506. The van der Waals surface area contributed by atoms with Crippen LogP contribution in [0.2, 0.25) is 0 Å². The maximum atomic E-state index is 12.3. The zero-order valence-electron chi connectivity index (χ0n) is 14.1. The van der Waals surface area contributed by atoms with Crippen LogP contribution < -0.4 is 15.4 Å². The standard InChI is InChI=1S/C15H19F6N3O.HI/c1-10-3-4-11(12(7-10)25-9-15(19,20)21)8-24-13(22-2)23-6-5-14(16,17)18;/h3-4,7H,5-6,8-9H2,1-2H3,(H2,22,23,24);1H. The lowest BCUT2D eigenvalue weighted by Crippen LogP contribution is -2.38. The van der Waals surface area contributed by atoms with Gasteiger partial charge in [-0.1, -0.05) is 12.1 Å². The molecule has 0 aliphatic rings. The highest BCUT2D eigenvalue weighted by atomic mass is 127. The summed E-state index contributed by atoms with van der Waals surface area (Å²) in [7, 11) is 1.37. The van der Waals surface area contributed by atoms with Crippen LogP contribution in [0.1, 0.15) is 17.5 Å². The molecule has 1 rings (SSSR count). The molecule has 0 bridgehead atoms. The fraction of sp³-hybridized carbons (Fsp3) is 0.533. The Hall–Kier alpha value is -1.40. The number of guanidine groups is 1. The summed E-state index contributed by atoms with van der Waals surface area (Å²) in [5.74, 6) is 0.155. The van der Waals surface area contributed by atoms with Crippen molar-refractivity contribution < 1.29 is 31.1 Å². The maximum absolute atomic E-state index is 12.3. The van der Waals surface area contributed by atoms with Gasteiger partial charge < -0.3 is 15.4 Å². The second-order valence-electron chi connectivity index (χ2n) is 5.23. The number of halogens is 7. The van der Waals surface area contributed by atoms with Gasteiger partial charge in [-0.2, -0.15) is 26.3 Å². The first kappa shape index (κ1) is 24.6. The van der Waals surface area contributed by atoms with Crippen LogP contribution in [-0.4, -0.2) is 38.5 Å². The minimum Gasteiger partial charge on any atom is -0.484 e. The van der Waals surface area contributed by atoms with Crippen LogP contribution in [-0.2, 0) is 6.54 Å². The van der Waals surface area contributed by atoms with Crippen LogP contribution >= 0.6 is 24.0 Å². The second kappa shape index (κ2) is 10.7. The fourth-order valence-electron chi connectivity index (χ4n) is 1.82. The number of ether oxygens (including phenoxy) is 1. The molecule has 0 fully saturated rings. The highest BCUT2D eigenvalue weighted by Crippen LogP contribution is 2.23. The molecule has 0 aliphatic heterocycles. The average molecular weight is 499 g/mol. The van der Waals surface area contributed by atoms with Crippen LogP contribution in [0.3, 0.4) is 0 Å². The number of hydrogen-bond acceptors (Lipinski definition) is 2. The first-order valence-electron chi connectivity index (χ1n) is 7.30. The molecule has 0 spiro atoms. The van der Waals surface area contributed by atoms with Crippen molar-refractivity contribution in [2.24, 2.45) is 4.99 Å². The molecular formula is C15H20F6IN3O. The van der Waals surface area contributed by atoms with E-state index in [-0.39, 0.29) is 48.8 Å². The van der Waals surface area contributed by atoms with Gasteiger partial charge in [0.25, 0.3) is 0 Å². The molecule has 0 atom stereocenters. The molecule has 4 nitrogen and oxygen atoms in total. The van der Waals surface area contributed by atoms with E-state index in [0.717, 1.165) is 0 Å². The predicted molar refractivity (Wildman–Crippen MR) is 97.0 cm³/mol. The molecule has 0 unspecified atom stereocenters. The van der Waals surface area contributed by atoms with Crippen LogP contribution in [0.5, 0.6) is 5.75 Å². The van der Waals surface area contributed by atoms with E-state index in [1.165, 1.54) is 13.1 Å². The Bertz CT molecular complexity index is 590. The largest absolute Gasteiger partial charge is 0.484 e. The van der Waals surface area contributed by atoms with Gasteiger partial charge in [0, 0.05) is 25.7 Å². The summed E-state index contributed by atoms with van der Waals surface area (Å²) in [5.41, 5.74) is 1.14.